The summed E-state index contributed by atoms with van der Waals surface area (Å²) in [7, 11) is 5.79. The SMILES string of the molecule is CN(C)C(=O)N1CCC(N(C)CC(C)(C)CN)CC1. The number of nitrogens with two attached hydrogens (primary N) is 1. The zero-order valence-electron chi connectivity index (χ0n) is 13.1. The van der Waals surface area contributed by atoms with E-state index in [9.17, 15) is 4.79 Å². The highest BCUT2D eigenvalue weighted by atomic mass is 16.2. The van der Waals surface area contributed by atoms with E-state index in [0.29, 0.717) is 12.6 Å². The first-order valence-electron chi connectivity index (χ1n) is 7.13. The van der Waals surface area contributed by atoms with Crippen LogP contribution in [0, 0.1) is 5.41 Å². The van der Waals surface area contributed by atoms with Crippen LogP contribution in [-0.4, -0.2) is 74.1 Å². The van der Waals surface area contributed by atoms with Crippen LogP contribution >= 0.6 is 0 Å². The number of amides is 2. The van der Waals surface area contributed by atoms with Crippen LogP contribution < -0.4 is 5.73 Å². The molecule has 5 nitrogen and oxygen atoms in total. The first-order chi connectivity index (χ1) is 8.76. The number of nitrogens with zero attached hydrogens (tertiary/aromatic N) is 3. The van der Waals surface area contributed by atoms with Gasteiger partial charge in [0, 0.05) is 39.8 Å². The molecular formula is C14H30N4O. The van der Waals surface area contributed by atoms with Gasteiger partial charge in [0.1, 0.15) is 0 Å². The Kier molecular flexibility index (Phi) is 5.62. The molecule has 1 aliphatic rings. The standard InChI is InChI=1S/C14H30N4O/c1-14(2,10-15)11-17(5)12-6-8-18(9-7-12)13(19)16(3)4/h12H,6-11,15H2,1-5H3. The molecule has 0 saturated carbocycles. The molecule has 0 unspecified atom stereocenters. The van der Waals surface area contributed by atoms with Gasteiger partial charge in [0.15, 0.2) is 0 Å². The van der Waals surface area contributed by atoms with E-state index in [-0.39, 0.29) is 11.4 Å². The number of carbonyl (C=O) groups is 1. The molecule has 2 amide bonds. The maximum Gasteiger partial charge on any atom is 0.319 e. The molecule has 1 saturated heterocycles. The minimum absolute atomic E-state index is 0.128. The van der Waals surface area contributed by atoms with Gasteiger partial charge in [-0.25, -0.2) is 4.79 Å². The van der Waals surface area contributed by atoms with Gasteiger partial charge in [0.2, 0.25) is 0 Å². The number of likely N-dealkylation sites (tertiary alicyclic amines) is 1. The maximum atomic E-state index is 11.9. The Morgan fingerprint density at radius 1 is 1.26 bits per heavy atom. The fraction of sp³-hybridized carbons (Fsp3) is 0.929. The Labute approximate surface area is 117 Å². The summed E-state index contributed by atoms with van der Waals surface area (Å²) in [5.41, 5.74) is 5.95. The summed E-state index contributed by atoms with van der Waals surface area (Å²) in [6, 6.07) is 0.695. The first kappa shape index (κ1) is 16.2. The summed E-state index contributed by atoms with van der Waals surface area (Å²) in [5.74, 6) is 0. The van der Waals surface area contributed by atoms with E-state index in [4.69, 9.17) is 5.73 Å². The Bertz CT molecular complexity index is 296. The Morgan fingerprint density at radius 2 is 1.79 bits per heavy atom. The minimum Gasteiger partial charge on any atom is -0.331 e. The van der Waals surface area contributed by atoms with Crippen molar-refractivity contribution in [2.45, 2.75) is 32.7 Å². The lowest BCUT2D eigenvalue weighted by atomic mass is 9.91. The van der Waals surface area contributed by atoms with E-state index in [1.807, 2.05) is 19.0 Å². The molecule has 1 aliphatic heterocycles. The molecule has 19 heavy (non-hydrogen) atoms. The lowest BCUT2D eigenvalue weighted by molar-refractivity contribution is 0.0996. The summed E-state index contributed by atoms with van der Waals surface area (Å²) >= 11 is 0. The fourth-order valence-corrected chi connectivity index (χ4v) is 2.65. The molecule has 0 atom stereocenters. The van der Waals surface area contributed by atoms with E-state index in [0.717, 1.165) is 32.5 Å². The maximum absolute atomic E-state index is 11.9. The van der Waals surface area contributed by atoms with Crippen molar-refractivity contribution in [3.05, 3.63) is 0 Å². The van der Waals surface area contributed by atoms with Crippen LogP contribution in [0.4, 0.5) is 4.79 Å². The number of hydrogen-bond donors (Lipinski definition) is 1. The second-order valence-electron chi connectivity index (χ2n) is 6.68. The largest absolute Gasteiger partial charge is 0.331 e. The van der Waals surface area contributed by atoms with Gasteiger partial charge < -0.3 is 20.4 Å². The van der Waals surface area contributed by atoms with Gasteiger partial charge in [0.25, 0.3) is 0 Å². The smallest absolute Gasteiger partial charge is 0.319 e. The quantitative estimate of drug-likeness (QED) is 0.831. The lowest BCUT2D eigenvalue weighted by Gasteiger charge is -2.40. The molecular weight excluding hydrogens is 240 g/mol. The molecule has 1 rings (SSSR count). The molecule has 112 valence electrons. The average molecular weight is 270 g/mol. The summed E-state index contributed by atoms with van der Waals surface area (Å²) < 4.78 is 0. The van der Waals surface area contributed by atoms with Crippen molar-refractivity contribution >= 4 is 6.03 Å². The van der Waals surface area contributed by atoms with Crippen LogP contribution in [0.25, 0.3) is 0 Å². The predicted octanol–water partition coefficient (Wildman–Crippen LogP) is 1.05. The van der Waals surface area contributed by atoms with Crippen LogP contribution in [0.15, 0.2) is 0 Å². The molecule has 5 heteroatoms. The summed E-state index contributed by atoms with van der Waals surface area (Å²) in [6.07, 6.45) is 2.10. The van der Waals surface area contributed by atoms with Crippen molar-refractivity contribution in [2.75, 3.05) is 47.3 Å². The van der Waals surface area contributed by atoms with Gasteiger partial charge in [0.05, 0.1) is 0 Å². The van der Waals surface area contributed by atoms with Crippen molar-refractivity contribution in [1.29, 1.82) is 0 Å². The molecule has 0 aromatic carbocycles. The van der Waals surface area contributed by atoms with Crippen LogP contribution in [0.1, 0.15) is 26.7 Å². The van der Waals surface area contributed by atoms with Crippen LogP contribution in [-0.2, 0) is 0 Å². The third kappa shape index (κ3) is 4.66. The second kappa shape index (κ2) is 6.57. The number of hydrogen-bond acceptors (Lipinski definition) is 3. The predicted molar refractivity (Wildman–Crippen MR) is 79.1 cm³/mol. The van der Waals surface area contributed by atoms with Crippen molar-refractivity contribution in [1.82, 2.24) is 14.7 Å². The highest BCUT2D eigenvalue weighted by Crippen LogP contribution is 2.21. The van der Waals surface area contributed by atoms with Gasteiger partial charge in [-0.15, -0.1) is 0 Å². The van der Waals surface area contributed by atoms with E-state index < -0.39 is 0 Å². The molecule has 1 heterocycles. The lowest BCUT2D eigenvalue weighted by Crippen LogP contribution is -2.50. The second-order valence-corrected chi connectivity index (χ2v) is 6.68. The van der Waals surface area contributed by atoms with Crippen LogP contribution in [0.3, 0.4) is 0 Å². The normalized spacial score (nSPS) is 17.9. The Hall–Kier alpha value is -0.810. The van der Waals surface area contributed by atoms with E-state index in [1.165, 1.54) is 0 Å². The summed E-state index contributed by atoms with van der Waals surface area (Å²) in [6.45, 7) is 7.83. The number of piperidine rings is 1. The number of carbonyl (C=O) groups excluding carboxylic acids is 1. The third-order valence-corrected chi connectivity index (χ3v) is 3.97. The van der Waals surface area contributed by atoms with E-state index >= 15 is 0 Å². The third-order valence-electron chi connectivity index (χ3n) is 3.97. The zero-order chi connectivity index (χ0) is 14.6. The highest BCUT2D eigenvalue weighted by Gasteiger charge is 2.28. The summed E-state index contributed by atoms with van der Waals surface area (Å²) in [5, 5.41) is 0. The minimum atomic E-state index is 0.128. The molecule has 1 fully saturated rings. The molecule has 0 aromatic rings. The Morgan fingerprint density at radius 3 is 2.21 bits per heavy atom. The monoisotopic (exact) mass is 270 g/mol. The first-order valence-corrected chi connectivity index (χ1v) is 7.13. The molecule has 0 aromatic heterocycles. The van der Waals surface area contributed by atoms with Gasteiger partial charge in [-0.05, 0) is 31.8 Å². The number of rotatable bonds is 4. The fourth-order valence-electron chi connectivity index (χ4n) is 2.65. The van der Waals surface area contributed by atoms with Crippen molar-refractivity contribution in [3.8, 4) is 0 Å². The highest BCUT2D eigenvalue weighted by molar-refractivity contribution is 5.73. The number of urea groups is 1. The van der Waals surface area contributed by atoms with Crippen molar-refractivity contribution in [2.24, 2.45) is 11.1 Å². The van der Waals surface area contributed by atoms with Crippen molar-refractivity contribution < 1.29 is 4.79 Å². The molecule has 2 N–H and O–H groups in total. The van der Waals surface area contributed by atoms with Gasteiger partial charge >= 0.3 is 6.03 Å². The van der Waals surface area contributed by atoms with Crippen LogP contribution in [0.5, 0.6) is 0 Å². The van der Waals surface area contributed by atoms with Gasteiger partial charge in [-0.1, -0.05) is 13.8 Å². The molecule has 0 radical (unpaired) electrons. The molecule has 0 bridgehead atoms. The van der Waals surface area contributed by atoms with E-state index in [2.05, 4.69) is 25.8 Å². The summed E-state index contributed by atoms with van der Waals surface area (Å²) in [4.78, 5) is 17.9. The van der Waals surface area contributed by atoms with Gasteiger partial charge in [-0.3, -0.25) is 0 Å². The Balaban J connectivity index is 2.43. The molecule has 0 aliphatic carbocycles. The average Bonchev–Trinajstić information content (AvgIpc) is 2.37. The van der Waals surface area contributed by atoms with Crippen molar-refractivity contribution in [3.63, 3.8) is 0 Å². The topological polar surface area (TPSA) is 52.8 Å². The van der Waals surface area contributed by atoms with Gasteiger partial charge in [-0.2, -0.15) is 0 Å². The van der Waals surface area contributed by atoms with Crippen LogP contribution in [0.2, 0.25) is 0 Å². The molecule has 0 spiro atoms. The zero-order valence-corrected chi connectivity index (χ0v) is 13.1. The van der Waals surface area contributed by atoms with E-state index in [1.54, 1.807) is 4.90 Å².